The topological polar surface area (TPSA) is 61.4 Å². The van der Waals surface area contributed by atoms with Crippen LogP contribution >= 0.6 is 0 Å². The smallest absolute Gasteiger partial charge is 0.315 e. The standard InChI is InChI=1S/C17H20N2O2/c1-11-8-15(11)19-17(21)18-10-16(20)14-7-6-12-4-2-3-5-13(12)9-14/h2-7,9,11,15-16,20H,8,10H2,1H3,(H2,18,19,21)/t11-,15+,16+/m1/s1. The van der Waals surface area contributed by atoms with E-state index in [9.17, 15) is 9.90 Å². The van der Waals surface area contributed by atoms with E-state index in [1.165, 1.54) is 0 Å². The molecule has 0 heterocycles. The molecule has 1 saturated carbocycles. The Hall–Kier alpha value is -2.07. The summed E-state index contributed by atoms with van der Waals surface area (Å²) in [5.41, 5.74) is 0.814. The second-order valence-electron chi connectivity index (χ2n) is 5.80. The van der Waals surface area contributed by atoms with Crippen molar-refractivity contribution < 1.29 is 9.90 Å². The molecule has 0 aromatic heterocycles. The molecule has 0 spiro atoms. The van der Waals surface area contributed by atoms with Gasteiger partial charge in [0.15, 0.2) is 0 Å². The average Bonchev–Trinajstić information content (AvgIpc) is 3.19. The highest BCUT2D eigenvalue weighted by Crippen LogP contribution is 2.28. The van der Waals surface area contributed by atoms with Crippen molar-refractivity contribution in [3.8, 4) is 0 Å². The fourth-order valence-corrected chi connectivity index (χ4v) is 2.46. The van der Waals surface area contributed by atoms with Crippen LogP contribution in [0.15, 0.2) is 42.5 Å². The summed E-state index contributed by atoms with van der Waals surface area (Å²) < 4.78 is 0. The number of hydrogen-bond donors (Lipinski definition) is 3. The van der Waals surface area contributed by atoms with Gasteiger partial charge >= 0.3 is 6.03 Å². The van der Waals surface area contributed by atoms with Crippen molar-refractivity contribution in [3.05, 3.63) is 48.0 Å². The van der Waals surface area contributed by atoms with Crippen LogP contribution in [-0.2, 0) is 0 Å². The number of nitrogens with one attached hydrogen (secondary N) is 2. The number of benzene rings is 2. The highest BCUT2D eigenvalue weighted by Gasteiger charge is 2.33. The zero-order chi connectivity index (χ0) is 14.8. The molecule has 1 fully saturated rings. The molecule has 2 aromatic carbocycles. The summed E-state index contributed by atoms with van der Waals surface area (Å²) in [5.74, 6) is 0.571. The molecule has 4 nitrogen and oxygen atoms in total. The highest BCUT2D eigenvalue weighted by molar-refractivity contribution is 5.83. The number of fused-ring (bicyclic) bond motifs is 1. The molecule has 2 aromatic rings. The van der Waals surface area contributed by atoms with E-state index in [1.54, 1.807) is 0 Å². The summed E-state index contributed by atoms with van der Waals surface area (Å²) >= 11 is 0. The molecular weight excluding hydrogens is 264 g/mol. The molecule has 0 unspecified atom stereocenters. The number of urea groups is 1. The minimum absolute atomic E-state index is 0.204. The van der Waals surface area contributed by atoms with Crippen molar-refractivity contribution in [2.45, 2.75) is 25.5 Å². The highest BCUT2D eigenvalue weighted by atomic mass is 16.3. The third-order valence-corrected chi connectivity index (χ3v) is 4.04. The number of amides is 2. The Kier molecular flexibility index (Phi) is 3.80. The van der Waals surface area contributed by atoms with Crippen molar-refractivity contribution in [2.24, 2.45) is 5.92 Å². The first kappa shape index (κ1) is 13.9. The zero-order valence-corrected chi connectivity index (χ0v) is 12.0. The number of hydrogen-bond acceptors (Lipinski definition) is 2. The van der Waals surface area contributed by atoms with E-state index in [1.807, 2.05) is 42.5 Å². The van der Waals surface area contributed by atoms with Crippen LogP contribution in [0.3, 0.4) is 0 Å². The van der Waals surface area contributed by atoms with Crippen LogP contribution in [0.4, 0.5) is 4.79 Å². The summed E-state index contributed by atoms with van der Waals surface area (Å²) in [6.45, 7) is 2.32. The van der Waals surface area contributed by atoms with E-state index >= 15 is 0 Å². The monoisotopic (exact) mass is 284 g/mol. The molecule has 0 saturated heterocycles. The molecular formula is C17H20N2O2. The van der Waals surface area contributed by atoms with Crippen molar-refractivity contribution in [2.75, 3.05) is 6.54 Å². The predicted octanol–water partition coefficient (Wildman–Crippen LogP) is 2.58. The molecule has 0 radical (unpaired) electrons. The molecule has 0 aliphatic heterocycles. The van der Waals surface area contributed by atoms with Gasteiger partial charge in [0, 0.05) is 12.6 Å². The van der Waals surface area contributed by atoms with Gasteiger partial charge in [0.05, 0.1) is 6.10 Å². The largest absolute Gasteiger partial charge is 0.387 e. The molecule has 1 aliphatic rings. The predicted molar refractivity (Wildman–Crippen MR) is 83.0 cm³/mol. The SMILES string of the molecule is C[C@@H]1C[C@@H]1NC(=O)NC[C@H](O)c1ccc2ccccc2c1. The van der Waals surface area contributed by atoms with Gasteiger partial charge in [-0.05, 0) is 34.7 Å². The first-order valence-corrected chi connectivity index (χ1v) is 7.34. The fourth-order valence-electron chi connectivity index (χ4n) is 2.46. The van der Waals surface area contributed by atoms with E-state index in [0.717, 1.165) is 22.8 Å². The lowest BCUT2D eigenvalue weighted by molar-refractivity contribution is 0.173. The van der Waals surface area contributed by atoms with Crippen LogP contribution in [0.25, 0.3) is 10.8 Å². The molecule has 0 bridgehead atoms. The van der Waals surface area contributed by atoms with Gasteiger partial charge in [-0.2, -0.15) is 0 Å². The maximum absolute atomic E-state index is 11.7. The van der Waals surface area contributed by atoms with Crippen LogP contribution in [0.5, 0.6) is 0 Å². The van der Waals surface area contributed by atoms with E-state index in [0.29, 0.717) is 12.0 Å². The second-order valence-corrected chi connectivity index (χ2v) is 5.80. The molecule has 4 heteroatoms. The van der Waals surface area contributed by atoms with Crippen molar-refractivity contribution in [1.82, 2.24) is 10.6 Å². The van der Waals surface area contributed by atoms with Gasteiger partial charge in [-0.25, -0.2) is 4.79 Å². The number of carbonyl (C=O) groups excluding carboxylic acids is 1. The summed E-state index contributed by atoms with van der Waals surface area (Å²) in [7, 11) is 0. The fraction of sp³-hybridized carbons (Fsp3) is 0.353. The normalized spacial score (nSPS) is 21.8. The summed E-state index contributed by atoms with van der Waals surface area (Å²) in [4.78, 5) is 11.7. The molecule has 2 amide bonds. The van der Waals surface area contributed by atoms with Crippen molar-refractivity contribution in [1.29, 1.82) is 0 Å². The Morgan fingerprint density at radius 1 is 1.29 bits per heavy atom. The van der Waals surface area contributed by atoms with E-state index in [4.69, 9.17) is 0 Å². The van der Waals surface area contributed by atoms with Crippen molar-refractivity contribution >= 4 is 16.8 Å². The molecule has 1 aliphatic carbocycles. The van der Waals surface area contributed by atoms with Crippen molar-refractivity contribution in [3.63, 3.8) is 0 Å². The van der Waals surface area contributed by atoms with Gasteiger partial charge in [-0.1, -0.05) is 43.3 Å². The zero-order valence-electron chi connectivity index (χ0n) is 12.0. The minimum atomic E-state index is -0.697. The van der Waals surface area contributed by atoms with Crippen LogP contribution < -0.4 is 10.6 Å². The minimum Gasteiger partial charge on any atom is -0.387 e. The Morgan fingerprint density at radius 2 is 2.00 bits per heavy atom. The average molecular weight is 284 g/mol. The number of aliphatic hydroxyl groups excluding tert-OH is 1. The van der Waals surface area contributed by atoms with Gasteiger partial charge in [0.1, 0.15) is 0 Å². The lowest BCUT2D eigenvalue weighted by atomic mass is 10.0. The van der Waals surface area contributed by atoms with E-state index in [2.05, 4.69) is 17.6 Å². The first-order valence-electron chi connectivity index (χ1n) is 7.34. The Balaban J connectivity index is 1.58. The number of carbonyl (C=O) groups is 1. The van der Waals surface area contributed by atoms with E-state index < -0.39 is 6.10 Å². The summed E-state index contributed by atoms with van der Waals surface area (Å²) in [6.07, 6.45) is 0.345. The Bertz CT molecular complexity index is 656. The lowest BCUT2D eigenvalue weighted by Crippen LogP contribution is -2.39. The Labute approximate surface area is 124 Å². The van der Waals surface area contributed by atoms with Crippen LogP contribution in [0.1, 0.15) is 25.0 Å². The summed E-state index contributed by atoms with van der Waals surface area (Å²) in [5, 5.41) is 18.0. The van der Waals surface area contributed by atoms with Gasteiger partial charge in [-0.3, -0.25) is 0 Å². The Morgan fingerprint density at radius 3 is 2.71 bits per heavy atom. The molecule has 3 atom stereocenters. The van der Waals surface area contributed by atoms with Gasteiger partial charge in [0.25, 0.3) is 0 Å². The molecule has 3 rings (SSSR count). The maximum atomic E-state index is 11.7. The molecule has 110 valence electrons. The number of rotatable bonds is 4. The lowest BCUT2D eigenvalue weighted by Gasteiger charge is -2.13. The molecule has 3 N–H and O–H groups in total. The van der Waals surface area contributed by atoms with Gasteiger partial charge in [-0.15, -0.1) is 0 Å². The van der Waals surface area contributed by atoms with Crippen LogP contribution in [0.2, 0.25) is 0 Å². The number of aliphatic hydroxyl groups is 1. The first-order chi connectivity index (χ1) is 10.1. The quantitative estimate of drug-likeness (QED) is 0.808. The maximum Gasteiger partial charge on any atom is 0.315 e. The van der Waals surface area contributed by atoms with Gasteiger partial charge in [0.2, 0.25) is 0 Å². The van der Waals surface area contributed by atoms with Gasteiger partial charge < -0.3 is 15.7 Å². The third-order valence-electron chi connectivity index (χ3n) is 4.04. The summed E-state index contributed by atoms with van der Waals surface area (Å²) in [6, 6.07) is 13.9. The third kappa shape index (κ3) is 3.34. The molecule has 21 heavy (non-hydrogen) atoms. The van der Waals surface area contributed by atoms with Crippen LogP contribution in [-0.4, -0.2) is 23.7 Å². The van der Waals surface area contributed by atoms with Crippen LogP contribution in [0, 0.1) is 5.92 Å². The second kappa shape index (κ2) is 5.74. The van der Waals surface area contributed by atoms with E-state index in [-0.39, 0.29) is 12.6 Å².